The van der Waals surface area contributed by atoms with Crippen molar-refractivity contribution in [2.45, 2.75) is 142 Å². The molecule has 10 aliphatic heterocycles. The number of amides is 5. The van der Waals surface area contributed by atoms with Crippen molar-refractivity contribution < 1.29 is 43.3 Å². The number of pyridine rings is 1. The number of hydrogen-bond acceptors (Lipinski definition) is 20. The molecule has 5 atom stereocenters. The number of methoxy groups -OCH3 is 1. The molecule has 21 rings (SSSR count). The van der Waals surface area contributed by atoms with Crippen molar-refractivity contribution in [2.24, 2.45) is 5.41 Å². The molecule has 1 aromatic heterocycles. The fourth-order valence-corrected chi connectivity index (χ4v) is 19.6. The van der Waals surface area contributed by atoms with Gasteiger partial charge in [0, 0.05) is 68.0 Å². The first-order valence-electron chi connectivity index (χ1n) is 46.6. The molecule has 10 aromatic carbocycles. The molecule has 11 aromatic rings. The van der Waals surface area contributed by atoms with Gasteiger partial charge in [0.25, 0.3) is 29.5 Å². The van der Waals surface area contributed by atoms with Gasteiger partial charge in [-0.05, 0) is 166 Å². The quantitative estimate of drug-likeness (QED) is 0.0377. The van der Waals surface area contributed by atoms with Gasteiger partial charge in [-0.15, -0.1) is 0 Å². The van der Waals surface area contributed by atoms with Crippen LogP contribution in [0.3, 0.4) is 0 Å². The normalized spacial score (nSPS) is 18.3. The zero-order chi connectivity index (χ0) is 95.8. The first-order valence-corrected chi connectivity index (χ1v) is 47.4. The van der Waals surface area contributed by atoms with E-state index in [1.165, 1.54) is 24.0 Å². The van der Waals surface area contributed by atoms with Crippen LogP contribution in [0.15, 0.2) is 305 Å². The molecule has 0 saturated heterocycles. The van der Waals surface area contributed by atoms with Crippen molar-refractivity contribution in [1.29, 1.82) is 0 Å². The van der Waals surface area contributed by atoms with Gasteiger partial charge in [-0.1, -0.05) is 226 Å². The zero-order valence-corrected chi connectivity index (χ0v) is 80.0. The van der Waals surface area contributed by atoms with Gasteiger partial charge in [-0.2, -0.15) is 0 Å². The summed E-state index contributed by atoms with van der Waals surface area (Å²) in [4.78, 5) is 67.1. The minimum Gasteiger partial charge on any atom is -0.507 e. The monoisotopic (exact) mass is 1870 g/mol. The number of phenolic OH excluding ortho intramolecular Hbond substituents is 1. The van der Waals surface area contributed by atoms with E-state index in [4.69, 9.17) is 37.4 Å². The van der Waals surface area contributed by atoms with Gasteiger partial charge in [0.05, 0.1) is 161 Å². The average Bonchev–Trinajstić information content (AvgIpc) is 1.60. The summed E-state index contributed by atoms with van der Waals surface area (Å²) >= 11 is 13.5. The number of anilines is 10. The Labute approximate surface area is 809 Å². The Hall–Kier alpha value is -14.8. The number of halogens is 2. The number of aromatic hydroxyl groups is 1. The molecular weight excluding hydrogens is 1760 g/mol. The molecule has 0 saturated carbocycles. The summed E-state index contributed by atoms with van der Waals surface area (Å²) in [5.74, 6) is 1.74. The fourth-order valence-electron chi connectivity index (χ4n) is 19.0. The van der Waals surface area contributed by atoms with Crippen LogP contribution in [0.2, 0.25) is 10.0 Å². The molecule has 5 amide bonds. The minimum absolute atomic E-state index is 0.000614. The van der Waals surface area contributed by atoms with E-state index in [0.29, 0.717) is 107 Å². The van der Waals surface area contributed by atoms with Crippen LogP contribution in [-0.4, -0.2) is 86.1 Å². The maximum absolute atomic E-state index is 12.7. The zero-order valence-electron chi connectivity index (χ0n) is 78.5. The molecule has 25 nitrogen and oxygen atoms in total. The molecule has 137 heavy (non-hydrogen) atoms. The number of nitrogens with one attached hydrogen (secondary N) is 15. The molecule has 11 heterocycles. The number of hydrogen-bond donors (Lipinski definition) is 16. The van der Waals surface area contributed by atoms with Crippen LogP contribution in [0.4, 0.5) is 56.9 Å². The van der Waals surface area contributed by atoms with Gasteiger partial charge >= 0.3 is 0 Å². The number of ether oxygens (including phenoxy) is 3. The summed E-state index contributed by atoms with van der Waals surface area (Å²) in [5.41, 5.74) is 25.1. The standard InChI is InChI=1S/C25H30ClN3O.C25H23N3O3.C23H27N3O3.C21H22ClN3O.C16H14N4O/c1-24(2,3)14-25(4,5)15-10-11-16(17(26)12-15)22-21-20(13-27-23(21)30)28-18-8-6-7-9-19(18)29-22;1-30-22-13-17(31-15-16-7-3-2-4-8-16)11-12-18(22)24-23-21(14-26-25(23)29)27-19-9-5-6-10-20(19)28-24;1-2-3-4-7-12-29-15-10-11-16(20(27)13-15)22-21-19(14-24-23(21)28)25-17-8-5-6-9-18(17)26-22;1-21(2,3)12-8-9-13(14(22)10-12)19-18-17(11-23-20(18)26)24-15-6-4-5-7-16(15)25-19;21-16-14-13(9-18-16)19-10-5-1-2-6-11(10)20-15(14)12-7-3-4-8-17-12/h6-12,22,28-29H,13-14H2,1-5H3,(H,27,30);2-13,24,27-28H,14-15H2,1H3,(H,26,29);5-6,8-11,13,22,25-27H,2-4,7,12,14H2,1H3,(H,24,28);4-10,19,24-25H,11H2,1-3H3,(H,23,26);1-8,15,19-20H,9H2,(H,18,21). The molecule has 704 valence electrons. The summed E-state index contributed by atoms with van der Waals surface area (Å²) in [6.45, 7) is 23.5. The van der Waals surface area contributed by atoms with E-state index in [1.54, 1.807) is 19.4 Å². The number of rotatable bonds is 17. The van der Waals surface area contributed by atoms with Gasteiger partial charge in [0.1, 0.15) is 35.6 Å². The minimum atomic E-state index is -0.456. The lowest BCUT2D eigenvalue weighted by molar-refractivity contribution is -0.117. The second-order valence-corrected chi connectivity index (χ2v) is 38.8. The highest BCUT2D eigenvalue weighted by Gasteiger charge is 2.42. The number of carbonyl (C=O) groups is 5. The van der Waals surface area contributed by atoms with Crippen LogP contribution in [0, 0.1) is 5.41 Å². The van der Waals surface area contributed by atoms with E-state index in [2.05, 4.69) is 171 Å². The molecule has 16 N–H and O–H groups in total. The second-order valence-electron chi connectivity index (χ2n) is 38.0. The molecule has 0 aliphatic carbocycles. The summed E-state index contributed by atoms with van der Waals surface area (Å²) < 4.78 is 17.5. The first-order chi connectivity index (χ1) is 66.1. The molecule has 0 spiro atoms. The number of carbonyl (C=O) groups excluding carboxylic acids is 5. The van der Waals surface area contributed by atoms with Gasteiger partial charge in [0.2, 0.25) is 0 Å². The van der Waals surface area contributed by atoms with Crippen LogP contribution < -0.4 is 94.0 Å². The number of fused-ring (bicyclic) bond motifs is 5. The smallest absolute Gasteiger partial charge is 0.251 e. The fraction of sp³-hybridized carbons (Fsp3) is 0.273. The number of phenols is 1. The summed E-state index contributed by atoms with van der Waals surface area (Å²) in [6, 6.07) is 77.2. The highest BCUT2D eigenvalue weighted by Crippen LogP contribution is 2.49. The third-order valence-electron chi connectivity index (χ3n) is 25.6. The van der Waals surface area contributed by atoms with Crippen LogP contribution in [-0.2, 0) is 41.4 Å². The molecular formula is C110H116Cl2N16O9. The topological polar surface area (TPSA) is 327 Å². The van der Waals surface area contributed by atoms with Gasteiger partial charge in [-0.3, -0.25) is 29.0 Å². The average molecular weight is 1880 g/mol. The summed E-state index contributed by atoms with van der Waals surface area (Å²) in [6.07, 6.45) is 7.33. The van der Waals surface area contributed by atoms with E-state index in [9.17, 15) is 29.1 Å². The largest absolute Gasteiger partial charge is 0.507 e. The third-order valence-corrected chi connectivity index (χ3v) is 26.2. The Morgan fingerprint density at radius 3 is 1.12 bits per heavy atom. The Kier molecular flexibility index (Phi) is 28.0. The molecule has 0 bridgehead atoms. The second kappa shape index (κ2) is 40.8. The number of aromatic nitrogens is 1. The Morgan fingerprint density at radius 1 is 0.372 bits per heavy atom. The Morgan fingerprint density at radius 2 is 0.730 bits per heavy atom. The van der Waals surface area contributed by atoms with Gasteiger partial charge in [0.15, 0.2) is 0 Å². The Balaban J connectivity index is 0.000000119. The lowest BCUT2D eigenvalue weighted by atomic mass is 9.72. The van der Waals surface area contributed by atoms with Crippen LogP contribution in [0.25, 0.3) is 0 Å². The highest BCUT2D eigenvalue weighted by molar-refractivity contribution is 6.32. The van der Waals surface area contributed by atoms with Gasteiger partial charge < -0.3 is 99.1 Å². The van der Waals surface area contributed by atoms with E-state index < -0.39 is 6.04 Å². The number of benzene rings is 10. The SMILES string of the molecule is CC(C)(C)CC(C)(C)c1ccc(C2Nc3ccccc3NC3=C2C(=O)NC3)c(Cl)c1.CC(C)(C)c1ccc(C2Nc3ccccc3NC3=C2C(=O)NC3)c(Cl)c1.CCCCCCOc1ccc(C2Nc3ccccc3NC3=C2C(=O)NC3)c(O)c1.COc1cc(OCc2ccccc2)ccc1C1Nc2ccccc2NC2=C1C(=O)NC2.O=C1NCC2=C1C(c1ccccn1)Nc1ccccc1N2. The number of unbranched alkanes of at least 4 members (excludes halogenated alkanes) is 3. The molecule has 10 aliphatic rings. The van der Waals surface area contributed by atoms with Crippen LogP contribution in [0.1, 0.15) is 169 Å². The van der Waals surface area contributed by atoms with Crippen LogP contribution >= 0.6 is 23.2 Å². The lowest BCUT2D eigenvalue weighted by Crippen LogP contribution is -2.26. The lowest BCUT2D eigenvalue weighted by Gasteiger charge is -2.33. The molecule has 5 unspecified atom stereocenters. The third kappa shape index (κ3) is 21.2. The summed E-state index contributed by atoms with van der Waals surface area (Å²) in [5, 5.41) is 61.0. The van der Waals surface area contributed by atoms with Crippen molar-refractivity contribution >= 4 is 110 Å². The molecule has 27 heteroatoms. The van der Waals surface area contributed by atoms with Crippen molar-refractivity contribution in [1.82, 2.24) is 31.6 Å². The number of para-hydroxylation sites is 10. The van der Waals surface area contributed by atoms with E-state index >= 15 is 0 Å². The van der Waals surface area contributed by atoms with E-state index in [0.717, 1.165) is 133 Å². The maximum atomic E-state index is 12.7. The first kappa shape index (κ1) is 94.0. The summed E-state index contributed by atoms with van der Waals surface area (Å²) in [7, 11) is 1.63. The van der Waals surface area contributed by atoms with Crippen molar-refractivity contribution in [2.75, 3.05) is 99.6 Å². The number of nitrogens with zero attached hydrogens (tertiary/aromatic N) is 1. The predicted octanol–water partition coefficient (Wildman–Crippen LogP) is 21.2. The highest BCUT2D eigenvalue weighted by atomic mass is 35.5. The van der Waals surface area contributed by atoms with Crippen molar-refractivity contribution in [3.05, 3.63) is 360 Å². The van der Waals surface area contributed by atoms with E-state index in [-0.39, 0.29) is 75.7 Å². The van der Waals surface area contributed by atoms with Crippen LogP contribution in [0.5, 0.6) is 23.0 Å². The molecule has 0 radical (unpaired) electrons. The predicted molar refractivity (Wildman–Crippen MR) is 547 cm³/mol. The van der Waals surface area contributed by atoms with E-state index in [1.807, 2.05) is 212 Å². The Bertz CT molecular complexity index is 6620. The van der Waals surface area contributed by atoms with Gasteiger partial charge in [-0.25, -0.2) is 0 Å². The maximum Gasteiger partial charge on any atom is 0.251 e. The van der Waals surface area contributed by atoms with Crippen molar-refractivity contribution in [3.63, 3.8) is 0 Å². The molecule has 0 fully saturated rings. The van der Waals surface area contributed by atoms with Crippen molar-refractivity contribution in [3.8, 4) is 23.0 Å².